The Labute approximate surface area is 130 Å². The lowest BCUT2D eigenvalue weighted by atomic mass is 9.87. The quantitative estimate of drug-likeness (QED) is 0.895. The minimum absolute atomic E-state index is 0.683. The van der Waals surface area contributed by atoms with Crippen LogP contribution >= 0.6 is 11.6 Å². The fourth-order valence-corrected chi connectivity index (χ4v) is 3.36. The lowest BCUT2D eigenvalue weighted by molar-refractivity contribution is 0.345. The van der Waals surface area contributed by atoms with Gasteiger partial charge in [-0.15, -0.1) is 0 Å². The first kappa shape index (κ1) is 14.4. The van der Waals surface area contributed by atoms with Crippen LogP contribution in [0, 0.1) is 5.92 Å². The standard InChI is InChI=1S/C16H21ClN4/c17-14-7-4-8-15(16(14)21-12-18-11-20-21)19-10-9-13-5-2-1-3-6-13/h4,7-8,11-13,19H,1-3,5-6,9-10H2. The number of hydrogen-bond acceptors (Lipinski definition) is 3. The van der Waals surface area contributed by atoms with Crippen molar-refractivity contribution in [2.45, 2.75) is 38.5 Å². The van der Waals surface area contributed by atoms with Crippen LogP contribution in [0.4, 0.5) is 5.69 Å². The molecule has 1 aliphatic carbocycles. The Kier molecular flexibility index (Phi) is 4.76. The summed E-state index contributed by atoms with van der Waals surface area (Å²) in [6.45, 7) is 0.979. The lowest BCUT2D eigenvalue weighted by Crippen LogP contribution is -2.13. The molecule has 1 heterocycles. The summed E-state index contributed by atoms with van der Waals surface area (Å²) in [5.41, 5.74) is 1.89. The van der Waals surface area contributed by atoms with Crippen LogP contribution in [0.5, 0.6) is 0 Å². The molecule has 1 saturated carbocycles. The number of anilines is 1. The maximum absolute atomic E-state index is 6.32. The first-order valence-electron chi connectivity index (χ1n) is 7.72. The van der Waals surface area contributed by atoms with Gasteiger partial charge in [0.2, 0.25) is 0 Å². The van der Waals surface area contributed by atoms with Gasteiger partial charge in [-0.05, 0) is 24.5 Å². The Morgan fingerprint density at radius 3 is 2.86 bits per heavy atom. The molecule has 0 unspecified atom stereocenters. The Hall–Kier alpha value is -1.55. The van der Waals surface area contributed by atoms with Crippen LogP contribution in [0.15, 0.2) is 30.9 Å². The second-order valence-corrected chi connectivity index (χ2v) is 6.10. The predicted octanol–water partition coefficient (Wildman–Crippen LogP) is 4.30. The summed E-state index contributed by atoms with van der Waals surface area (Å²) >= 11 is 6.32. The molecular formula is C16H21ClN4. The molecule has 1 N–H and O–H groups in total. The molecule has 0 saturated heterocycles. The zero-order chi connectivity index (χ0) is 14.5. The number of aromatic nitrogens is 3. The van der Waals surface area contributed by atoms with E-state index in [1.54, 1.807) is 11.0 Å². The maximum Gasteiger partial charge on any atom is 0.138 e. The van der Waals surface area contributed by atoms with Gasteiger partial charge in [0.05, 0.1) is 10.7 Å². The fourth-order valence-electron chi connectivity index (χ4n) is 3.10. The minimum atomic E-state index is 0.683. The average Bonchev–Trinajstić information content (AvgIpc) is 3.02. The van der Waals surface area contributed by atoms with Gasteiger partial charge in [0.25, 0.3) is 0 Å². The highest BCUT2D eigenvalue weighted by Crippen LogP contribution is 2.29. The third-order valence-electron chi connectivity index (χ3n) is 4.23. The molecule has 1 aromatic carbocycles. The number of rotatable bonds is 5. The van der Waals surface area contributed by atoms with Crippen molar-refractivity contribution in [2.75, 3.05) is 11.9 Å². The van der Waals surface area contributed by atoms with E-state index in [1.165, 1.54) is 44.9 Å². The third-order valence-corrected chi connectivity index (χ3v) is 4.53. The summed E-state index contributed by atoms with van der Waals surface area (Å²) in [5.74, 6) is 0.875. The van der Waals surface area contributed by atoms with Gasteiger partial charge in [0, 0.05) is 6.54 Å². The summed E-state index contributed by atoms with van der Waals surface area (Å²) < 4.78 is 1.71. The maximum atomic E-state index is 6.32. The van der Waals surface area contributed by atoms with Crippen LogP contribution in [-0.2, 0) is 0 Å². The zero-order valence-electron chi connectivity index (χ0n) is 12.1. The van der Waals surface area contributed by atoms with Gasteiger partial charge < -0.3 is 5.32 Å². The molecule has 0 bridgehead atoms. The predicted molar refractivity (Wildman–Crippen MR) is 86.1 cm³/mol. The van der Waals surface area contributed by atoms with Crippen LogP contribution in [-0.4, -0.2) is 21.3 Å². The number of halogens is 1. The largest absolute Gasteiger partial charge is 0.383 e. The highest BCUT2D eigenvalue weighted by molar-refractivity contribution is 6.33. The van der Waals surface area contributed by atoms with Gasteiger partial charge in [0.15, 0.2) is 0 Å². The van der Waals surface area contributed by atoms with E-state index < -0.39 is 0 Å². The highest BCUT2D eigenvalue weighted by atomic mass is 35.5. The van der Waals surface area contributed by atoms with E-state index in [-0.39, 0.29) is 0 Å². The zero-order valence-corrected chi connectivity index (χ0v) is 12.9. The van der Waals surface area contributed by atoms with Gasteiger partial charge in [-0.3, -0.25) is 0 Å². The van der Waals surface area contributed by atoms with Crippen molar-refractivity contribution in [1.29, 1.82) is 0 Å². The smallest absolute Gasteiger partial charge is 0.138 e. The molecule has 1 aliphatic rings. The van der Waals surface area contributed by atoms with Crippen molar-refractivity contribution in [1.82, 2.24) is 14.8 Å². The number of benzene rings is 1. The van der Waals surface area contributed by atoms with Crippen molar-refractivity contribution in [3.63, 3.8) is 0 Å². The molecule has 0 aliphatic heterocycles. The summed E-state index contributed by atoms with van der Waals surface area (Å²) in [7, 11) is 0. The van der Waals surface area contributed by atoms with Crippen LogP contribution in [0.1, 0.15) is 38.5 Å². The Morgan fingerprint density at radius 2 is 2.10 bits per heavy atom. The molecule has 112 valence electrons. The van der Waals surface area contributed by atoms with Gasteiger partial charge >= 0.3 is 0 Å². The Balaban J connectivity index is 1.66. The lowest BCUT2D eigenvalue weighted by Gasteiger charge is -2.22. The molecule has 3 rings (SSSR count). The van der Waals surface area contributed by atoms with Crippen LogP contribution < -0.4 is 5.32 Å². The van der Waals surface area contributed by atoms with E-state index in [1.807, 2.05) is 18.2 Å². The molecule has 21 heavy (non-hydrogen) atoms. The van der Waals surface area contributed by atoms with Crippen molar-refractivity contribution < 1.29 is 0 Å². The van der Waals surface area contributed by atoms with Gasteiger partial charge in [-0.25, -0.2) is 9.67 Å². The molecule has 5 heteroatoms. The Bertz CT molecular complexity index is 562. The van der Waals surface area contributed by atoms with E-state index in [4.69, 9.17) is 11.6 Å². The molecule has 0 amide bonds. The molecule has 4 nitrogen and oxygen atoms in total. The highest BCUT2D eigenvalue weighted by Gasteiger charge is 2.14. The summed E-state index contributed by atoms with van der Waals surface area (Å²) in [5, 5.41) is 8.39. The monoisotopic (exact) mass is 304 g/mol. The summed E-state index contributed by atoms with van der Waals surface area (Å²) in [4.78, 5) is 4.00. The third kappa shape index (κ3) is 3.56. The first-order valence-corrected chi connectivity index (χ1v) is 8.10. The second-order valence-electron chi connectivity index (χ2n) is 5.70. The number of nitrogens with zero attached hydrogens (tertiary/aromatic N) is 3. The van der Waals surface area contributed by atoms with Crippen molar-refractivity contribution in [2.24, 2.45) is 5.92 Å². The molecule has 0 atom stereocenters. The molecule has 1 fully saturated rings. The SMILES string of the molecule is Clc1cccc(NCCC2CCCCC2)c1-n1cncn1. The average molecular weight is 305 g/mol. The van der Waals surface area contributed by atoms with Gasteiger partial charge in [-0.1, -0.05) is 49.8 Å². The second kappa shape index (κ2) is 6.94. The first-order chi connectivity index (χ1) is 10.3. The normalized spacial score (nSPS) is 16.0. The minimum Gasteiger partial charge on any atom is -0.383 e. The van der Waals surface area contributed by atoms with Gasteiger partial charge in [-0.2, -0.15) is 5.10 Å². The van der Waals surface area contributed by atoms with Gasteiger partial charge in [0.1, 0.15) is 18.3 Å². The number of hydrogen-bond donors (Lipinski definition) is 1. The van der Waals surface area contributed by atoms with Crippen LogP contribution in [0.25, 0.3) is 5.69 Å². The van der Waals surface area contributed by atoms with E-state index in [2.05, 4.69) is 15.4 Å². The fraction of sp³-hybridized carbons (Fsp3) is 0.500. The summed E-state index contributed by atoms with van der Waals surface area (Å²) in [6, 6.07) is 5.89. The summed E-state index contributed by atoms with van der Waals surface area (Å²) in [6.07, 6.45) is 11.4. The molecule has 2 aromatic rings. The van der Waals surface area contributed by atoms with E-state index in [0.29, 0.717) is 5.02 Å². The Morgan fingerprint density at radius 1 is 1.24 bits per heavy atom. The van der Waals surface area contributed by atoms with Crippen molar-refractivity contribution in [3.8, 4) is 5.69 Å². The number of nitrogens with one attached hydrogen (secondary N) is 1. The topological polar surface area (TPSA) is 42.7 Å². The van der Waals surface area contributed by atoms with Crippen molar-refractivity contribution >= 4 is 17.3 Å². The molecular weight excluding hydrogens is 284 g/mol. The van der Waals surface area contributed by atoms with Crippen LogP contribution in [0.2, 0.25) is 5.02 Å². The number of para-hydroxylation sites is 1. The van der Waals surface area contributed by atoms with E-state index in [9.17, 15) is 0 Å². The van der Waals surface area contributed by atoms with Crippen molar-refractivity contribution in [3.05, 3.63) is 35.9 Å². The van der Waals surface area contributed by atoms with Crippen LogP contribution in [0.3, 0.4) is 0 Å². The van der Waals surface area contributed by atoms with E-state index >= 15 is 0 Å². The molecule has 1 aromatic heterocycles. The molecule has 0 radical (unpaired) electrons. The van der Waals surface area contributed by atoms with E-state index in [0.717, 1.165) is 23.8 Å². The molecule has 0 spiro atoms.